The first-order valence-corrected chi connectivity index (χ1v) is 6.67. The molecule has 5 heteroatoms. The van der Waals surface area contributed by atoms with Gasteiger partial charge in [0.25, 0.3) is 0 Å². The average Bonchev–Trinajstić information content (AvgIpc) is 2.33. The van der Waals surface area contributed by atoms with E-state index in [1.807, 2.05) is 0 Å². The van der Waals surface area contributed by atoms with Crippen molar-refractivity contribution in [2.75, 3.05) is 0 Å². The molecule has 0 fully saturated rings. The molecule has 2 aromatic rings. The molecular weight excluding hydrogens is 258 g/mol. The van der Waals surface area contributed by atoms with Crippen LogP contribution >= 0.6 is 0 Å². The van der Waals surface area contributed by atoms with Crippen LogP contribution in [0, 0.1) is 18.6 Å². The van der Waals surface area contributed by atoms with Gasteiger partial charge in [0.05, 0.1) is 4.90 Å². The maximum atomic E-state index is 13.5. The second kappa shape index (κ2) is 4.49. The van der Waals surface area contributed by atoms with Crippen LogP contribution in [-0.4, -0.2) is 8.42 Å². The molecule has 18 heavy (non-hydrogen) atoms. The monoisotopic (exact) mass is 268 g/mol. The molecule has 0 saturated carbocycles. The second-order valence-electron chi connectivity index (χ2n) is 3.84. The van der Waals surface area contributed by atoms with E-state index < -0.39 is 26.4 Å². The van der Waals surface area contributed by atoms with Gasteiger partial charge in [-0.2, -0.15) is 0 Å². The van der Waals surface area contributed by atoms with Gasteiger partial charge < -0.3 is 0 Å². The Morgan fingerprint density at radius 2 is 1.61 bits per heavy atom. The van der Waals surface area contributed by atoms with E-state index in [4.69, 9.17) is 0 Å². The first-order valence-electron chi connectivity index (χ1n) is 5.18. The zero-order chi connectivity index (χ0) is 13.3. The number of rotatable bonds is 2. The molecule has 0 unspecified atom stereocenters. The van der Waals surface area contributed by atoms with Crippen molar-refractivity contribution in [3.05, 3.63) is 59.7 Å². The molecule has 0 atom stereocenters. The first kappa shape index (κ1) is 12.7. The Labute approximate surface area is 104 Å². The van der Waals surface area contributed by atoms with Crippen molar-refractivity contribution < 1.29 is 17.2 Å². The topological polar surface area (TPSA) is 34.1 Å². The van der Waals surface area contributed by atoms with Gasteiger partial charge in [0.1, 0.15) is 16.5 Å². The summed E-state index contributed by atoms with van der Waals surface area (Å²) < 4.78 is 51.1. The van der Waals surface area contributed by atoms with Gasteiger partial charge in [-0.1, -0.05) is 18.2 Å². The summed E-state index contributed by atoms with van der Waals surface area (Å²) in [6.45, 7) is 1.52. The fraction of sp³-hybridized carbons (Fsp3) is 0.0769. The summed E-state index contributed by atoms with van der Waals surface area (Å²) in [6.07, 6.45) is 0. The summed E-state index contributed by atoms with van der Waals surface area (Å²) in [5.41, 5.74) is 0.336. The molecule has 0 aliphatic carbocycles. The lowest BCUT2D eigenvalue weighted by atomic mass is 10.2. The van der Waals surface area contributed by atoms with E-state index in [0.717, 1.165) is 18.2 Å². The molecular formula is C13H10F2O2S. The van der Waals surface area contributed by atoms with E-state index in [2.05, 4.69) is 0 Å². The molecule has 0 saturated heterocycles. The van der Waals surface area contributed by atoms with Crippen molar-refractivity contribution in [3.8, 4) is 0 Å². The predicted molar refractivity (Wildman–Crippen MR) is 63.0 cm³/mol. The van der Waals surface area contributed by atoms with Gasteiger partial charge in [0.15, 0.2) is 0 Å². The van der Waals surface area contributed by atoms with Gasteiger partial charge in [-0.25, -0.2) is 17.2 Å². The van der Waals surface area contributed by atoms with Crippen molar-refractivity contribution in [1.82, 2.24) is 0 Å². The highest BCUT2D eigenvalue weighted by Crippen LogP contribution is 2.24. The van der Waals surface area contributed by atoms with Crippen molar-refractivity contribution in [2.24, 2.45) is 0 Å². The van der Waals surface area contributed by atoms with E-state index in [9.17, 15) is 17.2 Å². The standard InChI is InChI=1S/C13H10F2O2S/c1-9-6-7-10(8-12(9)15)18(16,17)13-5-3-2-4-11(13)14/h2-8H,1H3. The zero-order valence-corrected chi connectivity index (χ0v) is 10.3. The SMILES string of the molecule is Cc1ccc(S(=O)(=O)c2ccccc2F)cc1F. The molecule has 0 heterocycles. The fourth-order valence-corrected chi connectivity index (χ4v) is 2.87. The quantitative estimate of drug-likeness (QED) is 0.838. The number of benzene rings is 2. The van der Waals surface area contributed by atoms with E-state index >= 15 is 0 Å². The van der Waals surface area contributed by atoms with E-state index in [0.29, 0.717) is 5.56 Å². The van der Waals surface area contributed by atoms with Crippen LogP contribution in [0.15, 0.2) is 52.3 Å². The van der Waals surface area contributed by atoms with E-state index in [1.165, 1.54) is 31.2 Å². The van der Waals surface area contributed by atoms with Gasteiger partial charge in [-0.3, -0.25) is 0 Å². The molecule has 0 aromatic heterocycles. The average molecular weight is 268 g/mol. The predicted octanol–water partition coefficient (Wildman–Crippen LogP) is 3.11. The van der Waals surface area contributed by atoms with Gasteiger partial charge >= 0.3 is 0 Å². The number of hydrogen-bond acceptors (Lipinski definition) is 2. The Balaban J connectivity index is 2.62. The maximum absolute atomic E-state index is 13.5. The summed E-state index contributed by atoms with van der Waals surface area (Å²) in [6, 6.07) is 8.53. The molecule has 0 aliphatic rings. The molecule has 2 nitrogen and oxygen atoms in total. The number of hydrogen-bond donors (Lipinski definition) is 0. The summed E-state index contributed by atoms with van der Waals surface area (Å²) in [4.78, 5) is -0.705. The molecule has 94 valence electrons. The molecule has 2 aromatic carbocycles. The molecule has 2 rings (SSSR count). The number of halogens is 2. The fourth-order valence-electron chi connectivity index (χ4n) is 1.53. The van der Waals surface area contributed by atoms with E-state index in [1.54, 1.807) is 0 Å². The van der Waals surface area contributed by atoms with E-state index in [-0.39, 0.29) is 4.90 Å². The summed E-state index contributed by atoms with van der Waals surface area (Å²) >= 11 is 0. The van der Waals surface area contributed by atoms with Gasteiger partial charge in [-0.15, -0.1) is 0 Å². The van der Waals surface area contributed by atoms with Gasteiger partial charge in [0.2, 0.25) is 9.84 Å². The molecule has 0 N–H and O–H groups in total. The smallest absolute Gasteiger partial charge is 0.209 e. The number of sulfone groups is 1. The second-order valence-corrected chi connectivity index (χ2v) is 5.76. The van der Waals surface area contributed by atoms with Crippen LogP contribution in [0.1, 0.15) is 5.56 Å². The van der Waals surface area contributed by atoms with Crippen LogP contribution in [0.3, 0.4) is 0 Å². The third kappa shape index (κ3) is 2.13. The molecule has 0 bridgehead atoms. The van der Waals surface area contributed by atoms with Crippen LogP contribution in [0.25, 0.3) is 0 Å². The minimum Gasteiger partial charge on any atom is -0.218 e. The largest absolute Gasteiger partial charge is 0.218 e. The third-order valence-corrected chi connectivity index (χ3v) is 4.36. The Hall–Kier alpha value is -1.75. The Morgan fingerprint density at radius 1 is 0.944 bits per heavy atom. The highest BCUT2D eigenvalue weighted by molar-refractivity contribution is 7.91. The third-order valence-electron chi connectivity index (χ3n) is 2.58. The lowest BCUT2D eigenvalue weighted by Gasteiger charge is -2.06. The Morgan fingerprint density at radius 3 is 2.22 bits per heavy atom. The van der Waals surface area contributed by atoms with Crippen LogP contribution in [0.5, 0.6) is 0 Å². The van der Waals surface area contributed by atoms with Crippen LogP contribution in [-0.2, 0) is 9.84 Å². The van der Waals surface area contributed by atoms with Crippen molar-refractivity contribution in [1.29, 1.82) is 0 Å². The lowest BCUT2D eigenvalue weighted by Crippen LogP contribution is -2.05. The van der Waals surface area contributed by atoms with Gasteiger partial charge in [-0.05, 0) is 36.8 Å². The lowest BCUT2D eigenvalue weighted by molar-refractivity contribution is 0.564. The summed E-state index contributed by atoms with van der Waals surface area (Å²) in [5.74, 6) is -1.48. The van der Waals surface area contributed by atoms with Crippen LogP contribution in [0.2, 0.25) is 0 Å². The summed E-state index contributed by atoms with van der Waals surface area (Å²) in [5, 5.41) is 0. The summed E-state index contributed by atoms with van der Waals surface area (Å²) in [7, 11) is -4.02. The Kier molecular flexibility index (Phi) is 3.17. The minimum atomic E-state index is -4.02. The molecule has 0 radical (unpaired) electrons. The van der Waals surface area contributed by atoms with Crippen LogP contribution in [0.4, 0.5) is 8.78 Å². The Bertz CT molecular complexity index is 694. The molecule has 0 aliphatic heterocycles. The van der Waals surface area contributed by atoms with Crippen molar-refractivity contribution in [3.63, 3.8) is 0 Å². The maximum Gasteiger partial charge on any atom is 0.209 e. The normalized spacial score (nSPS) is 11.5. The highest BCUT2D eigenvalue weighted by atomic mass is 32.2. The van der Waals surface area contributed by atoms with Crippen LogP contribution < -0.4 is 0 Å². The first-order chi connectivity index (χ1) is 8.43. The van der Waals surface area contributed by atoms with Crippen molar-refractivity contribution >= 4 is 9.84 Å². The molecule has 0 spiro atoms. The highest BCUT2D eigenvalue weighted by Gasteiger charge is 2.22. The zero-order valence-electron chi connectivity index (χ0n) is 9.52. The molecule has 0 amide bonds. The number of aryl methyl sites for hydroxylation is 1. The van der Waals surface area contributed by atoms with Gasteiger partial charge in [0, 0.05) is 0 Å². The van der Waals surface area contributed by atoms with Crippen molar-refractivity contribution in [2.45, 2.75) is 16.7 Å². The minimum absolute atomic E-state index is 0.254.